The standard InChI is InChI=1S/C14H21N3O2/c1-16(2)14(6-4-7-14)10-17(3)11-5-8-15-12(9-11)13(18)19/h5,8-9H,4,6-7,10H2,1-3H3,(H,18,19). The molecule has 0 atom stereocenters. The lowest BCUT2D eigenvalue weighted by Gasteiger charge is -2.49. The zero-order valence-electron chi connectivity index (χ0n) is 11.8. The Morgan fingerprint density at radius 2 is 2.11 bits per heavy atom. The molecule has 0 unspecified atom stereocenters. The van der Waals surface area contributed by atoms with E-state index in [1.54, 1.807) is 12.3 Å². The second kappa shape index (κ2) is 5.17. The second-order valence-corrected chi connectivity index (χ2v) is 5.53. The van der Waals surface area contributed by atoms with E-state index in [1.807, 2.05) is 13.1 Å². The summed E-state index contributed by atoms with van der Waals surface area (Å²) in [4.78, 5) is 19.2. The van der Waals surface area contributed by atoms with Gasteiger partial charge in [0.25, 0.3) is 0 Å². The molecule has 0 bridgehead atoms. The number of aromatic carboxylic acids is 1. The van der Waals surface area contributed by atoms with Crippen LogP contribution in [0, 0.1) is 0 Å². The Labute approximate surface area is 113 Å². The van der Waals surface area contributed by atoms with Crippen molar-refractivity contribution in [2.45, 2.75) is 24.8 Å². The molecule has 0 spiro atoms. The van der Waals surface area contributed by atoms with E-state index in [-0.39, 0.29) is 11.2 Å². The van der Waals surface area contributed by atoms with Crippen LogP contribution in [0.1, 0.15) is 29.8 Å². The maximum absolute atomic E-state index is 10.9. The number of hydrogen-bond acceptors (Lipinski definition) is 4. The van der Waals surface area contributed by atoms with Gasteiger partial charge in [0, 0.05) is 31.0 Å². The minimum Gasteiger partial charge on any atom is -0.477 e. The lowest BCUT2D eigenvalue weighted by molar-refractivity contribution is 0.0682. The predicted octanol–water partition coefficient (Wildman–Crippen LogP) is 1.70. The Kier molecular flexibility index (Phi) is 3.75. The molecule has 1 heterocycles. The van der Waals surface area contributed by atoms with Crippen molar-refractivity contribution in [1.82, 2.24) is 9.88 Å². The van der Waals surface area contributed by atoms with E-state index in [1.165, 1.54) is 19.3 Å². The van der Waals surface area contributed by atoms with Crippen molar-refractivity contribution in [3.63, 3.8) is 0 Å². The highest BCUT2D eigenvalue weighted by molar-refractivity contribution is 5.86. The van der Waals surface area contributed by atoms with Crippen molar-refractivity contribution in [2.24, 2.45) is 0 Å². The first kappa shape index (κ1) is 13.8. The summed E-state index contributed by atoms with van der Waals surface area (Å²) >= 11 is 0. The molecule has 19 heavy (non-hydrogen) atoms. The van der Waals surface area contributed by atoms with Crippen LogP contribution in [0.15, 0.2) is 18.3 Å². The van der Waals surface area contributed by atoms with Crippen LogP contribution in [-0.2, 0) is 0 Å². The van der Waals surface area contributed by atoms with Gasteiger partial charge in [-0.05, 0) is 45.5 Å². The van der Waals surface area contributed by atoms with Crippen LogP contribution in [0.3, 0.4) is 0 Å². The molecule has 0 radical (unpaired) electrons. The van der Waals surface area contributed by atoms with Gasteiger partial charge in [-0.15, -0.1) is 0 Å². The third-order valence-electron chi connectivity index (χ3n) is 4.17. The Morgan fingerprint density at radius 1 is 1.42 bits per heavy atom. The highest BCUT2D eigenvalue weighted by atomic mass is 16.4. The Balaban J connectivity index is 2.13. The van der Waals surface area contributed by atoms with Gasteiger partial charge in [0.15, 0.2) is 0 Å². The van der Waals surface area contributed by atoms with E-state index < -0.39 is 5.97 Å². The Morgan fingerprint density at radius 3 is 2.58 bits per heavy atom. The largest absolute Gasteiger partial charge is 0.477 e. The number of carbonyl (C=O) groups is 1. The number of carboxylic acid groups (broad SMARTS) is 1. The first-order valence-electron chi connectivity index (χ1n) is 6.52. The van der Waals surface area contributed by atoms with Gasteiger partial charge < -0.3 is 14.9 Å². The van der Waals surface area contributed by atoms with Crippen LogP contribution in [0.25, 0.3) is 0 Å². The van der Waals surface area contributed by atoms with Gasteiger partial charge in [0.1, 0.15) is 5.69 Å². The third-order valence-corrected chi connectivity index (χ3v) is 4.17. The molecule has 2 rings (SSSR count). The predicted molar refractivity (Wildman–Crippen MR) is 74.7 cm³/mol. The highest BCUT2D eigenvalue weighted by Gasteiger charge is 2.39. The zero-order valence-corrected chi connectivity index (χ0v) is 11.8. The van der Waals surface area contributed by atoms with E-state index in [4.69, 9.17) is 5.11 Å². The molecule has 1 aromatic rings. The van der Waals surface area contributed by atoms with Crippen LogP contribution in [0.5, 0.6) is 0 Å². The summed E-state index contributed by atoms with van der Waals surface area (Å²) < 4.78 is 0. The summed E-state index contributed by atoms with van der Waals surface area (Å²) in [7, 11) is 6.23. The van der Waals surface area contributed by atoms with Crippen LogP contribution >= 0.6 is 0 Å². The van der Waals surface area contributed by atoms with Crippen molar-refractivity contribution >= 4 is 11.7 Å². The molecule has 0 aliphatic heterocycles. The number of pyridine rings is 1. The number of aromatic nitrogens is 1. The molecule has 1 N–H and O–H groups in total. The van der Waals surface area contributed by atoms with Crippen molar-refractivity contribution in [1.29, 1.82) is 0 Å². The van der Waals surface area contributed by atoms with E-state index >= 15 is 0 Å². The minimum atomic E-state index is -0.985. The van der Waals surface area contributed by atoms with Gasteiger partial charge in [-0.2, -0.15) is 0 Å². The second-order valence-electron chi connectivity index (χ2n) is 5.53. The summed E-state index contributed by atoms with van der Waals surface area (Å²) in [5, 5.41) is 8.98. The summed E-state index contributed by atoms with van der Waals surface area (Å²) in [6.45, 7) is 0.906. The van der Waals surface area contributed by atoms with E-state index in [0.29, 0.717) is 0 Å². The molecule has 5 nitrogen and oxygen atoms in total. The lowest BCUT2D eigenvalue weighted by atomic mass is 9.75. The maximum Gasteiger partial charge on any atom is 0.354 e. The fourth-order valence-electron chi connectivity index (χ4n) is 2.64. The first-order chi connectivity index (χ1) is 8.94. The number of likely N-dealkylation sites (N-methyl/N-ethyl adjacent to an activating group) is 2. The van der Waals surface area contributed by atoms with Crippen molar-refractivity contribution in [2.75, 3.05) is 32.6 Å². The van der Waals surface area contributed by atoms with Gasteiger partial charge >= 0.3 is 5.97 Å². The summed E-state index contributed by atoms with van der Waals surface area (Å²) in [5.74, 6) is -0.985. The molecule has 1 aliphatic rings. The molecule has 0 amide bonds. The fourth-order valence-corrected chi connectivity index (χ4v) is 2.64. The van der Waals surface area contributed by atoms with Crippen molar-refractivity contribution in [3.05, 3.63) is 24.0 Å². The molecular formula is C14H21N3O2. The monoisotopic (exact) mass is 263 g/mol. The Bertz CT molecular complexity index is 470. The van der Waals surface area contributed by atoms with Gasteiger partial charge in [0.05, 0.1) is 0 Å². The highest BCUT2D eigenvalue weighted by Crippen LogP contribution is 2.37. The number of carboxylic acids is 1. The maximum atomic E-state index is 10.9. The average Bonchev–Trinajstić information content (AvgIpc) is 2.33. The van der Waals surface area contributed by atoms with E-state index in [9.17, 15) is 4.79 Å². The quantitative estimate of drug-likeness (QED) is 0.876. The molecule has 1 fully saturated rings. The van der Waals surface area contributed by atoms with Crippen molar-refractivity contribution < 1.29 is 9.90 Å². The van der Waals surface area contributed by atoms with Gasteiger partial charge in [-0.1, -0.05) is 0 Å². The molecule has 5 heteroatoms. The molecule has 1 saturated carbocycles. The number of rotatable bonds is 5. The van der Waals surface area contributed by atoms with Crippen LogP contribution in [0.4, 0.5) is 5.69 Å². The average molecular weight is 263 g/mol. The van der Waals surface area contributed by atoms with Crippen LogP contribution in [0.2, 0.25) is 0 Å². The number of anilines is 1. The molecule has 0 saturated heterocycles. The number of nitrogens with zero attached hydrogens (tertiary/aromatic N) is 3. The Hall–Kier alpha value is -1.62. The van der Waals surface area contributed by atoms with E-state index in [0.717, 1.165) is 12.2 Å². The van der Waals surface area contributed by atoms with Gasteiger partial charge in [-0.3, -0.25) is 0 Å². The SMILES string of the molecule is CN(CC1(N(C)C)CCC1)c1ccnc(C(=O)O)c1. The van der Waals surface area contributed by atoms with Gasteiger partial charge in [-0.25, -0.2) is 9.78 Å². The third kappa shape index (κ3) is 2.71. The molecular weight excluding hydrogens is 242 g/mol. The summed E-state index contributed by atoms with van der Waals surface area (Å²) in [6.07, 6.45) is 5.21. The summed E-state index contributed by atoms with van der Waals surface area (Å²) in [6, 6.07) is 3.48. The first-order valence-corrected chi connectivity index (χ1v) is 6.52. The minimum absolute atomic E-state index is 0.0943. The van der Waals surface area contributed by atoms with Crippen LogP contribution < -0.4 is 4.90 Å². The number of hydrogen-bond donors (Lipinski definition) is 1. The smallest absolute Gasteiger partial charge is 0.354 e. The lowest BCUT2D eigenvalue weighted by Crippen LogP contribution is -2.56. The van der Waals surface area contributed by atoms with Crippen molar-refractivity contribution in [3.8, 4) is 0 Å². The fraction of sp³-hybridized carbons (Fsp3) is 0.571. The topological polar surface area (TPSA) is 56.7 Å². The molecule has 104 valence electrons. The van der Waals surface area contributed by atoms with Crippen LogP contribution in [-0.4, -0.2) is 54.2 Å². The zero-order chi connectivity index (χ0) is 14.0. The summed E-state index contributed by atoms with van der Waals surface area (Å²) in [5.41, 5.74) is 1.22. The normalized spacial score (nSPS) is 17.1. The van der Waals surface area contributed by atoms with Gasteiger partial charge in [0.2, 0.25) is 0 Å². The molecule has 1 aromatic heterocycles. The molecule has 0 aromatic carbocycles. The van der Waals surface area contributed by atoms with E-state index in [2.05, 4.69) is 28.9 Å². The molecule has 1 aliphatic carbocycles.